The maximum Gasteiger partial charge on any atom is 0.165 e. The summed E-state index contributed by atoms with van der Waals surface area (Å²) in [5.41, 5.74) is 0.938. The zero-order valence-corrected chi connectivity index (χ0v) is 11.3. The number of hydrogen-bond donors (Lipinski definition) is 1. The van der Waals surface area contributed by atoms with Gasteiger partial charge in [0.05, 0.1) is 13.7 Å². The molecule has 0 aliphatic heterocycles. The minimum absolute atomic E-state index is 0.198. The molecule has 18 heavy (non-hydrogen) atoms. The highest BCUT2D eigenvalue weighted by atomic mass is 19.1. The van der Waals surface area contributed by atoms with Crippen LogP contribution in [0.25, 0.3) is 0 Å². The highest BCUT2D eigenvalue weighted by Gasteiger charge is 2.10. The quantitative estimate of drug-likeness (QED) is 0.724. The van der Waals surface area contributed by atoms with Crippen molar-refractivity contribution in [3.05, 3.63) is 29.6 Å². The van der Waals surface area contributed by atoms with Crippen LogP contribution in [0.15, 0.2) is 18.2 Å². The van der Waals surface area contributed by atoms with Crippen molar-refractivity contribution in [3.63, 3.8) is 0 Å². The van der Waals surface area contributed by atoms with E-state index in [0.29, 0.717) is 6.61 Å². The molecular weight excluding hydrogens is 233 g/mol. The van der Waals surface area contributed by atoms with Crippen LogP contribution < -0.4 is 10.1 Å². The summed E-state index contributed by atoms with van der Waals surface area (Å²) in [6, 6.07) is 5.25. The molecule has 0 saturated carbocycles. The standard InChI is InChI=1S/C14H22FNO2/c1-4-7-18-10-12(16-2)8-11-5-6-14(17-3)13(15)9-11/h5-6,9,12,16H,4,7-8,10H2,1-3H3. The van der Waals surface area contributed by atoms with Gasteiger partial charge >= 0.3 is 0 Å². The molecule has 0 saturated heterocycles. The Labute approximate surface area is 108 Å². The second kappa shape index (κ2) is 8.06. The molecule has 0 heterocycles. The topological polar surface area (TPSA) is 30.5 Å². The zero-order valence-electron chi connectivity index (χ0n) is 11.3. The molecule has 0 aromatic heterocycles. The maximum atomic E-state index is 13.5. The Bertz CT molecular complexity index is 358. The molecule has 3 nitrogen and oxygen atoms in total. The Morgan fingerprint density at radius 3 is 2.72 bits per heavy atom. The summed E-state index contributed by atoms with van der Waals surface area (Å²) in [5.74, 6) is -0.0404. The van der Waals surface area contributed by atoms with Gasteiger partial charge < -0.3 is 14.8 Å². The highest BCUT2D eigenvalue weighted by Crippen LogP contribution is 2.18. The molecule has 1 unspecified atom stereocenters. The van der Waals surface area contributed by atoms with Gasteiger partial charge in [0, 0.05) is 12.6 Å². The van der Waals surface area contributed by atoms with Gasteiger partial charge in [-0.05, 0) is 37.6 Å². The number of halogens is 1. The number of likely N-dealkylation sites (N-methyl/N-ethyl adjacent to an activating group) is 1. The molecule has 0 aliphatic carbocycles. The number of benzene rings is 1. The number of nitrogens with one attached hydrogen (secondary N) is 1. The van der Waals surface area contributed by atoms with Crippen molar-refractivity contribution < 1.29 is 13.9 Å². The molecule has 1 aromatic carbocycles. The molecule has 1 aromatic rings. The summed E-state index contributed by atoms with van der Waals surface area (Å²) in [5, 5.41) is 3.18. The lowest BCUT2D eigenvalue weighted by molar-refractivity contribution is 0.114. The molecule has 0 radical (unpaired) electrons. The van der Waals surface area contributed by atoms with E-state index >= 15 is 0 Å². The minimum Gasteiger partial charge on any atom is -0.494 e. The monoisotopic (exact) mass is 255 g/mol. The van der Waals surface area contributed by atoms with E-state index in [1.54, 1.807) is 6.07 Å². The van der Waals surface area contributed by atoms with Crippen molar-refractivity contribution in [2.45, 2.75) is 25.8 Å². The number of methoxy groups -OCH3 is 1. The summed E-state index contributed by atoms with van der Waals surface area (Å²) in [7, 11) is 3.35. The lowest BCUT2D eigenvalue weighted by atomic mass is 10.1. The lowest BCUT2D eigenvalue weighted by Crippen LogP contribution is -2.32. The van der Waals surface area contributed by atoms with Gasteiger partial charge in [-0.25, -0.2) is 4.39 Å². The molecule has 1 atom stereocenters. The smallest absolute Gasteiger partial charge is 0.165 e. The molecular formula is C14H22FNO2. The van der Waals surface area contributed by atoms with E-state index in [-0.39, 0.29) is 17.6 Å². The summed E-state index contributed by atoms with van der Waals surface area (Å²) < 4.78 is 23.9. The van der Waals surface area contributed by atoms with Crippen LogP contribution in [0.1, 0.15) is 18.9 Å². The van der Waals surface area contributed by atoms with Crippen molar-refractivity contribution in [3.8, 4) is 5.75 Å². The van der Waals surface area contributed by atoms with Gasteiger partial charge in [0.25, 0.3) is 0 Å². The third-order valence-electron chi connectivity index (χ3n) is 2.77. The molecule has 1 N–H and O–H groups in total. The number of rotatable bonds is 8. The Morgan fingerprint density at radius 1 is 1.39 bits per heavy atom. The maximum absolute atomic E-state index is 13.5. The van der Waals surface area contributed by atoms with Gasteiger partial charge in [-0.2, -0.15) is 0 Å². The normalized spacial score (nSPS) is 12.4. The predicted molar refractivity (Wildman–Crippen MR) is 70.6 cm³/mol. The molecule has 102 valence electrons. The van der Waals surface area contributed by atoms with Crippen molar-refractivity contribution in [1.29, 1.82) is 0 Å². The largest absolute Gasteiger partial charge is 0.494 e. The van der Waals surface area contributed by atoms with Gasteiger partial charge in [0.2, 0.25) is 0 Å². The Morgan fingerprint density at radius 2 is 2.17 bits per heavy atom. The van der Waals surface area contributed by atoms with Crippen LogP contribution in [0, 0.1) is 5.82 Å². The molecule has 0 spiro atoms. The van der Waals surface area contributed by atoms with E-state index in [1.807, 2.05) is 13.1 Å². The van der Waals surface area contributed by atoms with Gasteiger partial charge in [0.1, 0.15) is 0 Å². The number of hydrogen-bond acceptors (Lipinski definition) is 3. The van der Waals surface area contributed by atoms with Crippen LogP contribution >= 0.6 is 0 Å². The molecule has 0 aliphatic rings. The first-order valence-electron chi connectivity index (χ1n) is 6.28. The average molecular weight is 255 g/mol. The van der Waals surface area contributed by atoms with Crippen molar-refractivity contribution in [1.82, 2.24) is 5.32 Å². The van der Waals surface area contributed by atoms with Gasteiger partial charge in [-0.3, -0.25) is 0 Å². The lowest BCUT2D eigenvalue weighted by Gasteiger charge is -2.16. The number of ether oxygens (including phenoxy) is 2. The van der Waals surface area contributed by atoms with Crippen LogP contribution in [0.2, 0.25) is 0 Å². The van der Waals surface area contributed by atoms with Crippen molar-refractivity contribution in [2.24, 2.45) is 0 Å². The first kappa shape index (κ1) is 14.9. The van der Waals surface area contributed by atoms with Crippen molar-refractivity contribution in [2.75, 3.05) is 27.4 Å². The summed E-state index contributed by atoms with van der Waals surface area (Å²) in [6.07, 6.45) is 1.74. The first-order valence-corrected chi connectivity index (χ1v) is 6.28. The Hall–Kier alpha value is -1.13. The first-order chi connectivity index (χ1) is 8.71. The van der Waals surface area contributed by atoms with Crippen LogP contribution in [0.3, 0.4) is 0 Å². The van der Waals surface area contributed by atoms with E-state index < -0.39 is 0 Å². The highest BCUT2D eigenvalue weighted by molar-refractivity contribution is 5.29. The summed E-state index contributed by atoms with van der Waals surface area (Å²) >= 11 is 0. The zero-order chi connectivity index (χ0) is 13.4. The van der Waals surface area contributed by atoms with Crippen molar-refractivity contribution >= 4 is 0 Å². The second-order valence-corrected chi connectivity index (χ2v) is 4.23. The molecule has 0 amide bonds. The van der Waals surface area contributed by atoms with E-state index in [4.69, 9.17) is 9.47 Å². The predicted octanol–water partition coefficient (Wildman–Crippen LogP) is 2.39. The fourth-order valence-electron chi connectivity index (χ4n) is 1.74. The Balaban J connectivity index is 2.55. The van der Waals surface area contributed by atoms with E-state index in [2.05, 4.69) is 12.2 Å². The summed E-state index contributed by atoms with van der Waals surface area (Å²) in [4.78, 5) is 0. The van der Waals surface area contributed by atoms with Crippen LogP contribution in [0.5, 0.6) is 5.75 Å². The fraction of sp³-hybridized carbons (Fsp3) is 0.571. The molecule has 4 heteroatoms. The van der Waals surface area contributed by atoms with Gasteiger partial charge in [0.15, 0.2) is 11.6 Å². The second-order valence-electron chi connectivity index (χ2n) is 4.23. The SMILES string of the molecule is CCCOCC(Cc1ccc(OC)c(F)c1)NC. The fourth-order valence-corrected chi connectivity index (χ4v) is 1.74. The van der Waals surface area contributed by atoms with Gasteiger partial charge in [-0.15, -0.1) is 0 Å². The third-order valence-corrected chi connectivity index (χ3v) is 2.77. The summed E-state index contributed by atoms with van der Waals surface area (Å²) in [6.45, 7) is 3.47. The van der Waals surface area contributed by atoms with Crippen LogP contribution in [-0.2, 0) is 11.2 Å². The average Bonchev–Trinajstić information content (AvgIpc) is 2.38. The van der Waals surface area contributed by atoms with Gasteiger partial charge in [-0.1, -0.05) is 13.0 Å². The third kappa shape index (κ3) is 4.63. The van der Waals surface area contributed by atoms with Crippen LogP contribution in [-0.4, -0.2) is 33.4 Å². The van der Waals surface area contributed by atoms with E-state index in [1.165, 1.54) is 13.2 Å². The molecule has 0 fully saturated rings. The van der Waals surface area contributed by atoms with E-state index in [0.717, 1.165) is 25.0 Å². The molecule has 0 bridgehead atoms. The minimum atomic E-state index is -0.320. The Kier molecular flexibility index (Phi) is 6.68. The van der Waals surface area contributed by atoms with E-state index in [9.17, 15) is 4.39 Å². The van der Waals surface area contributed by atoms with Crippen LogP contribution in [0.4, 0.5) is 4.39 Å². The molecule has 1 rings (SSSR count).